The number of aromatic carboxylic acids is 1. The molecule has 0 aliphatic heterocycles. The number of carbonyl (C=O) groups is 1. The Hall–Kier alpha value is -1.62. The van der Waals surface area contributed by atoms with E-state index in [9.17, 15) is 4.79 Å². The fraction of sp³-hybridized carbons (Fsp3) is 0.538. The number of nitrogens with one attached hydrogen (secondary N) is 1. The molecule has 1 aromatic rings. The molecule has 2 atom stereocenters. The number of hydrogen-bond donors (Lipinski definition) is 2. The van der Waals surface area contributed by atoms with Crippen molar-refractivity contribution in [1.82, 2.24) is 4.98 Å². The fourth-order valence-electron chi connectivity index (χ4n) is 2.41. The van der Waals surface area contributed by atoms with Gasteiger partial charge in [0.1, 0.15) is 0 Å². The van der Waals surface area contributed by atoms with Crippen LogP contribution in [0.1, 0.15) is 30.6 Å². The largest absolute Gasteiger partial charge is 0.478 e. The number of aromatic nitrogens is 1. The molecule has 0 radical (unpaired) electrons. The quantitative estimate of drug-likeness (QED) is 0.855. The molecule has 1 heterocycles. The Morgan fingerprint density at radius 2 is 2.33 bits per heavy atom. The van der Waals surface area contributed by atoms with Crippen LogP contribution >= 0.6 is 0 Å². The van der Waals surface area contributed by atoms with E-state index in [-0.39, 0.29) is 23.1 Å². The van der Waals surface area contributed by atoms with E-state index in [1.165, 1.54) is 12.3 Å². The Morgan fingerprint density at radius 1 is 1.61 bits per heavy atom. The molecule has 5 nitrogen and oxygen atoms in total. The van der Waals surface area contributed by atoms with Crippen molar-refractivity contribution in [3.05, 3.63) is 24.0 Å². The van der Waals surface area contributed by atoms with Gasteiger partial charge < -0.3 is 15.2 Å². The average Bonchev–Trinajstić information content (AvgIpc) is 2.34. The molecule has 2 N–H and O–H groups in total. The van der Waals surface area contributed by atoms with Crippen LogP contribution in [0.4, 0.5) is 5.69 Å². The highest BCUT2D eigenvalue weighted by Gasteiger charge is 2.48. The summed E-state index contributed by atoms with van der Waals surface area (Å²) in [6.07, 6.45) is 4.12. The van der Waals surface area contributed by atoms with Gasteiger partial charge in [-0.25, -0.2) is 4.79 Å². The smallest absolute Gasteiger partial charge is 0.337 e. The van der Waals surface area contributed by atoms with Crippen LogP contribution in [0.15, 0.2) is 18.5 Å². The molecule has 1 aliphatic rings. The minimum atomic E-state index is -0.944. The molecule has 0 bridgehead atoms. The van der Waals surface area contributed by atoms with Crippen molar-refractivity contribution >= 4 is 11.7 Å². The van der Waals surface area contributed by atoms with E-state index in [4.69, 9.17) is 9.84 Å². The summed E-state index contributed by atoms with van der Waals surface area (Å²) in [5.74, 6) is -0.944. The predicted molar refractivity (Wildman–Crippen MR) is 67.8 cm³/mol. The van der Waals surface area contributed by atoms with Crippen LogP contribution in [0, 0.1) is 5.41 Å². The van der Waals surface area contributed by atoms with Crippen molar-refractivity contribution in [1.29, 1.82) is 0 Å². The van der Waals surface area contributed by atoms with Gasteiger partial charge in [-0.2, -0.15) is 0 Å². The summed E-state index contributed by atoms with van der Waals surface area (Å²) in [6, 6.07) is 1.70. The second-order valence-electron chi connectivity index (χ2n) is 5.20. The first kappa shape index (κ1) is 12.8. The van der Waals surface area contributed by atoms with Crippen LogP contribution in [0.25, 0.3) is 0 Å². The molecule has 0 spiro atoms. The summed E-state index contributed by atoms with van der Waals surface area (Å²) in [5.41, 5.74) is 0.805. The average molecular weight is 250 g/mol. The highest BCUT2D eigenvalue weighted by molar-refractivity contribution is 5.93. The summed E-state index contributed by atoms with van der Waals surface area (Å²) in [5, 5.41) is 12.4. The second-order valence-corrected chi connectivity index (χ2v) is 5.20. The lowest BCUT2D eigenvalue weighted by Crippen LogP contribution is -2.57. The summed E-state index contributed by atoms with van der Waals surface area (Å²) >= 11 is 0. The molecule has 18 heavy (non-hydrogen) atoms. The number of nitrogens with zero attached hydrogens (tertiary/aromatic N) is 1. The normalized spacial score (nSPS) is 25.3. The first-order valence-electron chi connectivity index (χ1n) is 5.93. The van der Waals surface area contributed by atoms with Crippen LogP contribution < -0.4 is 5.32 Å². The maximum Gasteiger partial charge on any atom is 0.337 e. The molecule has 0 saturated heterocycles. The van der Waals surface area contributed by atoms with Gasteiger partial charge in [0.15, 0.2) is 0 Å². The summed E-state index contributed by atoms with van der Waals surface area (Å²) in [4.78, 5) is 15.1. The predicted octanol–water partition coefficient (Wildman–Crippen LogP) is 2.01. The topological polar surface area (TPSA) is 71.5 Å². The first-order chi connectivity index (χ1) is 8.46. The van der Waals surface area contributed by atoms with E-state index in [0.29, 0.717) is 5.69 Å². The van der Waals surface area contributed by atoms with Gasteiger partial charge in [0.25, 0.3) is 0 Å². The monoisotopic (exact) mass is 250 g/mol. The zero-order valence-electron chi connectivity index (χ0n) is 10.8. The molecule has 98 valence electrons. The first-order valence-corrected chi connectivity index (χ1v) is 5.93. The molecular formula is C13H18N2O3. The Bertz CT molecular complexity index is 459. The number of methoxy groups -OCH3 is 1. The van der Waals surface area contributed by atoms with E-state index >= 15 is 0 Å². The minimum Gasteiger partial charge on any atom is -0.478 e. The lowest BCUT2D eigenvalue weighted by molar-refractivity contribution is -0.0794. The number of rotatable bonds is 4. The third-order valence-electron chi connectivity index (χ3n) is 3.84. The number of hydrogen-bond acceptors (Lipinski definition) is 4. The molecule has 2 rings (SSSR count). The van der Waals surface area contributed by atoms with Crippen LogP contribution in [-0.2, 0) is 4.74 Å². The maximum absolute atomic E-state index is 11.1. The van der Waals surface area contributed by atoms with Crippen LogP contribution in [-0.4, -0.2) is 35.3 Å². The van der Waals surface area contributed by atoms with Crippen LogP contribution in [0.2, 0.25) is 0 Å². The minimum absolute atomic E-state index is 0.0135. The van der Waals surface area contributed by atoms with Gasteiger partial charge in [0, 0.05) is 24.8 Å². The second kappa shape index (κ2) is 4.57. The lowest BCUT2D eigenvalue weighted by Gasteiger charge is -2.51. The molecule has 1 fully saturated rings. The van der Waals surface area contributed by atoms with Crippen molar-refractivity contribution < 1.29 is 14.6 Å². The third-order valence-corrected chi connectivity index (χ3v) is 3.84. The zero-order chi connectivity index (χ0) is 13.3. The highest BCUT2D eigenvalue weighted by Crippen LogP contribution is 2.44. The summed E-state index contributed by atoms with van der Waals surface area (Å²) < 4.78 is 5.38. The van der Waals surface area contributed by atoms with Gasteiger partial charge in [-0.3, -0.25) is 4.98 Å². The van der Waals surface area contributed by atoms with Gasteiger partial charge in [-0.15, -0.1) is 0 Å². The van der Waals surface area contributed by atoms with Crippen molar-refractivity contribution in [3.8, 4) is 0 Å². The van der Waals surface area contributed by atoms with Crippen molar-refractivity contribution in [3.63, 3.8) is 0 Å². The zero-order valence-corrected chi connectivity index (χ0v) is 10.8. The van der Waals surface area contributed by atoms with Gasteiger partial charge in [0.05, 0.1) is 23.6 Å². The standard InChI is InChI=1S/C13H18N2O3/c1-13(2)10(6-11(13)18-3)15-9-7-14-5-4-8(9)12(16)17/h4-5,7,10-11,15H,6H2,1-3H3,(H,16,17). The SMILES string of the molecule is COC1CC(Nc2cnccc2C(=O)O)C1(C)C. The Labute approximate surface area is 106 Å². The molecule has 5 heteroatoms. The maximum atomic E-state index is 11.1. The molecular weight excluding hydrogens is 232 g/mol. The Kier molecular flexibility index (Phi) is 3.26. The van der Waals surface area contributed by atoms with Gasteiger partial charge >= 0.3 is 5.97 Å². The summed E-state index contributed by atoms with van der Waals surface area (Å²) in [6.45, 7) is 4.22. The molecule has 0 aromatic carbocycles. The number of carboxylic acid groups (broad SMARTS) is 1. The van der Waals surface area contributed by atoms with Crippen molar-refractivity contribution in [2.75, 3.05) is 12.4 Å². The molecule has 1 saturated carbocycles. The molecule has 1 aromatic heterocycles. The van der Waals surface area contributed by atoms with Crippen LogP contribution in [0.5, 0.6) is 0 Å². The fourth-order valence-corrected chi connectivity index (χ4v) is 2.41. The Balaban J connectivity index is 2.14. The van der Waals surface area contributed by atoms with E-state index < -0.39 is 5.97 Å². The van der Waals surface area contributed by atoms with E-state index in [2.05, 4.69) is 24.1 Å². The molecule has 1 aliphatic carbocycles. The Morgan fingerprint density at radius 3 is 2.89 bits per heavy atom. The van der Waals surface area contributed by atoms with Gasteiger partial charge in [0.2, 0.25) is 0 Å². The molecule has 2 unspecified atom stereocenters. The third kappa shape index (κ3) is 2.06. The van der Waals surface area contributed by atoms with Crippen molar-refractivity contribution in [2.24, 2.45) is 5.41 Å². The number of ether oxygens (including phenoxy) is 1. The van der Waals surface area contributed by atoms with Gasteiger partial charge in [-0.05, 0) is 12.5 Å². The lowest BCUT2D eigenvalue weighted by atomic mass is 9.64. The number of pyridine rings is 1. The van der Waals surface area contributed by atoms with E-state index in [1.807, 2.05) is 0 Å². The summed E-state index contributed by atoms with van der Waals surface area (Å²) in [7, 11) is 1.70. The van der Waals surface area contributed by atoms with Gasteiger partial charge in [-0.1, -0.05) is 13.8 Å². The van der Waals surface area contributed by atoms with Crippen molar-refractivity contribution in [2.45, 2.75) is 32.4 Å². The number of carboxylic acids is 1. The van der Waals surface area contributed by atoms with E-state index in [1.54, 1.807) is 13.3 Å². The van der Waals surface area contributed by atoms with E-state index in [0.717, 1.165) is 6.42 Å². The number of anilines is 1. The van der Waals surface area contributed by atoms with Crippen LogP contribution in [0.3, 0.4) is 0 Å². The highest BCUT2D eigenvalue weighted by atomic mass is 16.5. The molecule has 0 amide bonds.